The molecule has 0 aliphatic carbocycles. The van der Waals surface area contributed by atoms with Gasteiger partial charge in [-0.2, -0.15) is 0 Å². The van der Waals surface area contributed by atoms with Crippen molar-refractivity contribution in [2.45, 2.75) is 26.8 Å². The summed E-state index contributed by atoms with van der Waals surface area (Å²) in [5, 5.41) is 1.13. The highest BCUT2D eigenvalue weighted by Crippen LogP contribution is 2.34. The summed E-state index contributed by atoms with van der Waals surface area (Å²) < 4.78 is 6.62. The van der Waals surface area contributed by atoms with Gasteiger partial charge in [-0.1, -0.05) is 23.5 Å². The molecule has 1 aliphatic heterocycles. The maximum atomic E-state index is 5.33. The zero-order valence-electron chi connectivity index (χ0n) is 13.7. The molecule has 0 atom stereocenters. The maximum absolute atomic E-state index is 5.33. The van der Waals surface area contributed by atoms with Crippen LogP contribution in [0.4, 0.5) is 5.13 Å². The Hall–Kier alpha value is -2.07. The molecule has 0 saturated heterocycles. The fraction of sp³-hybridized carbons (Fsp3) is 0.316. The van der Waals surface area contributed by atoms with Crippen LogP contribution in [0.1, 0.15) is 22.3 Å². The van der Waals surface area contributed by atoms with Crippen LogP contribution in [0.3, 0.4) is 0 Å². The molecule has 3 nitrogen and oxygen atoms in total. The van der Waals surface area contributed by atoms with Crippen LogP contribution >= 0.6 is 11.3 Å². The molecule has 2 aromatic carbocycles. The predicted molar refractivity (Wildman–Crippen MR) is 96.8 cm³/mol. The summed E-state index contributed by atoms with van der Waals surface area (Å²) in [4.78, 5) is 7.30. The summed E-state index contributed by atoms with van der Waals surface area (Å²) in [7, 11) is 1.72. The van der Waals surface area contributed by atoms with Crippen molar-refractivity contribution in [1.29, 1.82) is 0 Å². The van der Waals surface area contributed by atoms with Crippen molar-refractivity contribution in [3.05, 3.63) is 52.6 Å². The first-order chi connectivity index (χ1) is 11.1. The van der Waals surface area contributed by atoms with Crippen LogP contribution in [0.15, 0.2) is 30.3 Å². The van der Waals surface area contributed by atoms with E-state index in [4.69, 9.17) is 9.72 Å². The van der Waals surface area contributed by atoms with E-state index >= 15 is 0 Å². The smallest absolute Gasteiger partial charge is 0.186 e. The molecule has 3 aromatic rings. The van der Waals surface area contributed by atoms with Crippen molar-refractivity contribution in [3.8, 4) is 5.75 Å². The van der Waals surface area contributed by atoms with E-state index in [0.717, 1.165) is 35.9 Å². The van der Waals surface area contributed by atoms with Gasteiger partial charge >= 0.3 is 0 Å². The molecule has 4 rings (SSSR count). The number of rotatable bonds is 2. The van der Waals surface area contributed by atoms with Gasteiger partial charge in [-0.15, -0.1) is 0 Å². The minimum atomic E-state index is 0.928. The first kappa shape index (κ1) is 14.5. The molecule has 0 unspecified atom stereocenters. The van der Waals surface area contributed by atoms with Crippen LogP contribution in [0.25, 0.3) is 10.2 Å². The van der Waals surface area contributed by atoms with Crippen LogP contribution in [-0.2, 0) is 13.0 Å². The summed E-state index contributed by atoms with van der Waals surface area (Å²) in [5.41, 5.74) is 6.50. The van der Waals surface area contributed by atoms with Gasteiger partial charge in [0.2, 0.25) is 0 Å². The number of hydrogen-bond donors (Lipinski definition) is 0. The lowest BCUT2D eigenvalue weighted by Gasteiger charge is -2.28. The topological polar surface area (TPSA) is 25.4 Å². The molecule has 1 aliphatic rings. The molecule has 118 valence electrons. The minimum Gasteiger partial charge on any atom is -0.497 e. The van der Waals surface area contributed by atoms with E-state index in [1.165, 1.54) is 27.0 Å². The highest BCUT2D eigenvalue weighted by atomic mass is 32.1. The highest BCUT2D eigenvalue weighted by molar-refractivity contribution is 7.22. The zero-order valence-corrected chi connectivity index (χ0v) is 14.5. The van der Waals surface area contributed by atoms with E-state index in [-0.39, 0.29) is 0 Å². The number of thiazole rings is 1. The van der Waals surface area contributed by atoms with Gasteiger partial charge in [-0.05, 0) is 60.7 Å². The third kappa shape index (κ3) is 2.57. The van der Waals surface area contributed by atoms with Crippen molar-refractivity contribution in [3.63, 3.8) is 0 Å². The summed E-state index contributed by atoms with van der Waals surface area (Å²) in [6.45, 7) is 6.24. The first-order valence-electron chi connectivity index (χ1n) is 7.92. The van der Waals surface area contributed by atoms with Gasteiger partial charge in [-0.3, -0.25) is 0 Å². The zero-order chi connectivity index (χ0) is 16.0. The van der Waals surface area contributed by atoms with Crippen molar-refractivity contribution in [2.24, 2.45) is 0 Å². The van der Waals surface area contributed by atoms with Gasteiger partial charge in [-0.25, -0.2) is 4.98 Å². The highest BCUT2D eigenvalue weighted by Gasteiger charge is 2.20. The molecular formula is C19H20N2OS. The molecule has 4 heteroatoms. The van der Waals surface area contributed by atoms with E-state index in [2.05, 4.69) is 43.0 Å². The second-order valence-electron chi connectivity index (χ2n) is 6.23. The molecular weight excluding hydrogens is 304 g/mol. The number of hydrogen-bond acceptors (Lipinski definition) is 4. The Kier molecular flexibility index (Phi) is 3.49. The molecule has 2 heterocycles. The standard InChI is InChI=1S/C19H20N2OS/c1-12-8-13(2)18-17(9-12)23-19(20-18)21-7-6-14-10-16(22-3)5-4-15(14)11-21/h4-5,8-10H,6-7,11H2,1-3H3. The Bertz CT molecular complexity index is 884. The third-order valence-corrected chi connectivity index (χ3v) is 5.58. The number of anilines is 1. The largest absolute Gasteiger partial charge is 0.497 e. The average molecular weight is 324 g/mol. The Morgan fingerprint density at radius 1 is 1.13 bits per heavy atom. The molecule has 0 amide bonds. The van der Waals surface area contributed by atoms with E-state index in [0.29, 0.717) is 0 Å². The first-order valence-corrected chi connectivity index (χ1v) is 8.74. The van der Waals surface area contributed by atoms with Crippen LogP contribution in [0.5, 0.6) is 5.75 Å². The van der Waals surface area contributed by atoms with E-state index < -0.39 is 0 Å². The lowest BCUT2D eigenvalue weighted by molar-refractivity contribution is 0.414. The van der Waals surface area contributed by atoms with Crippen molar-refractivity contribution < 1.29 is 4.74 Å². The Morgan fingerprint density at radius 3 is 2.83 bits per heavy atom. The fourth-order valence-electron chi connectivity index (χ4n) is 3.31. The number of aromatic nitrogens is 1. The summed E-state index contributed by atoms with van der Waals surface area (Å²) in [6, 6.07) is 10.9. The lowest BCUT2D eigenvalue weighted by Crippen LogP contribution is -2.30. The molecule has 0 fully saturated rings. The van der Waals surface area contributed by atoms with Gasteiger partial charge in [0.15, 0.2) is 5.13 Å². The van der Waals surface area contributed by atoms with Crippen molar-refractivity contribution in [2.75, 3.05) is 18.6 Å². The number of fused-ring (bicyclic) bond motifs is 2. The Labute approximate surface area is 140 Å². The number of aryl methyl sites for hydroxylation is 2. The summed E-state index contributed by atoms with van der Waals surface area (Å²) in [6.07, 6.45) is 1.04. The number of nitrogens with zero attached hydrogens (tertiary/aromatic N) is 2. The van der Waals surface area contributed by atoms with Crippen molar-refractivity contribution >= 4 is 26.7 Å². The van der Waals surface area contributed by atoms with Crippen LogP contribution < -0.4 is 9.64 Å². The fourth-order valence-corrected chi connectivity index (χ4v) is 4.48. The third-order valence-electron chi connectivity index (χ3n) is 4.51. The van der Waals surface area contributed by atoms with E-state index in [9.17, 15) is 0 Å². The molecule has 23 heavy (non-hydrogen) atoms. The number of benzene rings is 2. The van der Waals surface area contributed by atoms with E-state index in [1.807, 2.05) is 6.07 Å². The number of ether oxygens (including phenoxy) is 1. The van der Waals surface area contributed by atoms with Crippen LogP contribution in [-0.4, -0.2) is 18.6 Å². The predicted octanol–water partition coefficient (Wildman–Crippen LogP) is 4.48. The quantitative estimate of drug-likeness (QED) is 0.695. The Morgan fingerprint density at radius 2 is 2.00 bits per heavy atom. The van der Waals surface area contributed by atoms with Gasteiger partial charge < -0.3 is 9.64 Å². The average Bonchev–Trinajstić information content (AvgIpc) is 2.98. The molecule has 0 radical (unpaired) electrons. The van der Waals surface area contributed by atoms with Gasteiger partial charge in [0, 0.05) is 13.1 Å². The van der Waals surface area contributed by atoms with Crippen LogP contribution in [0, 0.1) is 13.8 Å². The SMILES string of the molecule is COc1ccc2c(c1)CCN(c1nc3c(C)cc(C)cc3s1)C2. The lowest BCUT2D eigenvalue weighted by atomic mass is 10.00. The summed E-state index contributed by atoms with van der Waals surface area (Å²) in [5.74, 6) is 0.947. The second-order valence-corrected chi connectivity index (χ2v) is 7.24. The monoisotopic (exact) mass is 324 g/mol. The van der Waals surface area contributed by atoms with Gasteiger partial charge in [0.25, 0.3) is 0 Å². The van der Waals surface area contributed by atoms with Crippen LogP contribution in [0.2, 0.25) is 0 Å². The molecule has 0 bridgehead atoms. The maximum Gasteiger partial charge on any atom is 0.186 e. The van der Waals surface area contributed by atoms with Gasteiger partial charge in [0.05, 0.1) is 17.3 Å². The summed E-state index contributed by atoms with van der Waals surface area (Å²) >= 11 is 1.80. The normalized spacial score (nSPS) is 14.1. The molecule has 0 spiro atoms. The van der Waals surface area contributed by atoms with Gasteiger partial charge in [0.1, 0.15) is 5.75 Å². The molecule has 0 saturated carbocycles. The Balaban J connectivity index is 1.68. The van der Waals surface area contributed by atoms with E-state index in [1.54, 1.807) is 18.4 Å². The molecule has 1 aromatic heterocycles. The van der Waals surface area contributed by atoms with Crippen molar-refractivity contribution in [1.82, 2.24) is 4.98 Å². The second kappa shape index (κ2) is 5.53. The number of methoxy groups -OCH3 is 1. The molecule has 0 N–H and O–H groups in total. The minimum absolute atomic E-state index is 0.928.